The molecule has 84 valence electrons. The first-order chi connectivity index (χ1) is 7.13. The van der Waals surface area contributed by atoms with Crippen LogP contribution in [0.2, 0.25) is 0 Å². The van der Waals surface area contributed by atoms with Crippen molar-refractivity contribution in [3.05, 3.63) is 21.9 Å². The van der Waals surface area contributed by atoms with Gasteiger partial charge >= 0.3 is 5.97 Å². The summed E-state index contributed by atoms with van der Waals surface area (Å²) in [4.78, 5) is 11.7. The predicted molar refractivity (Wildman–Crippen MR) is 62.5 cm³/mol. The quantitative estimate of drug-likeness (QED) is 0.785. The Hall–Kier alpha value is -0.870. The second-order valence-electron chi connectivity index (χ2n) is 3.68. The minimum absolute atomic E-state index is 0.389. The summed E-state index contributed by atoms with van der Waals surface area (Å²) < 4.78 is 0. The Morgan fingerprint density at radius 1 is 1.67 bits per heavy atom. The van der Waals surface area contributed by atoms with Crippen molar-refractivity contribution in [2.24, 2.45) is 0 Å². The van der Waals surface area contributed by atoms with Gasteiger partial charge in [0.1, 0.15) is 0 Å². The van der Waals surface area contributed by atoms with Crippen LogP contribution in [0.25, 0.3) is 0 Å². The van der Waals surface area contributed by atoms with E-state index >= 15 is 0 Å². The maximum absolute atomic E-state index is 10.6. The molecule has 0 spiro atoms. The summed E-state index contributed by atoms with van der Waals surface area (Å²) in [5, 5.41) is 13.8. The number of carboxylic acid groups (broad SMARTS) is 1. The van der Waals surface area contributed by atoms with Gasteiger partial charge in [0.15, 0.2) is 0 Å². The first-order valence-corrected chi connectivity index (χ1v) is 6.05. The average Bonchev–Trinajstić information content (AvgIpc) is 2.63. The highest BCUT2D eigenvalue weighted by molar-refractivity contribution is 7.10. The molecule has 0 aliphatic heterocycles. The molecule has 0 saturated heterocycles. The fourth-order valence-corrected chi connectivity index (χ4v) is 2.20. The molecule has 1 aromatic heterocycles. The van der Waals surface area contributed by atoms with E-state index in [0.29, 0.717) is 11.6 Å². The monoisotopic (exact) mass is 227 g/mol. The summed E-state index contributed by atoms with van der Waals surface area (Å²) in [7, 11) is 0. The highest BCUT2D eigenvalue weighted by Gasteiger charge is 2.07. The van der Waals surface area contributed by atoms with Crippen LogP contribution in [0.15, 0.2) is 11.4 Å². The van der Waals surface area contributed by atoms with Crippen LogP contribution in [0, 0.1) is 0 Å². The van der Waals surface area contributed by atoms with E-state index in [-0.39, 0.29) is 0 Å². The van der Waals surface area contributed by atoms with Gasteiger partial charge in [0.25, 0.3) is 0 Å². The van der Waals surface area contributed by atoms with E-state index in [1.807, 2.05) is 0 Å². The van der Waals surface area contributed by atoms with Crippen molar-refractivity contribution < 1.29 is 9.90 Å². The molecule has 1 rings (SSSR count). The molecule has 4 heteroatoms. The number of nitrogens with one attached hydrogen (secondary N) is 1. The standard InChI is InChI=1S/C11H17NO2S/c1-3-4-8(2)12-6-10-5-9(7-15-10)11(13)14/h5,7-8,12H,3-4,6H2,1-2H3,(H,13,14). The molecule has 2 N–H and O–H groups in total. The predicted octanol–water partition coefficient (Wildman–Crippen LogP) is 2.72. The first-order valence-electron chi connectivity index (χ1n) is 5.17. The molecule has 1 aromatic rings. The molecule has 0 aromatic carbocycles. The van der Waals surface area contributed by atoms with Crippen molar-refractivity contribution in [2.45, 2.75) is 39.3 Å². The molecule has 0 aliphatic carbocycles. The van der Waals surface area contributed by atoms with E-state index in [9.17, 15) is 4.79 Å². The average molecular weight is 227 g/mol. The van der Waals surface area contributed by atoms with Gasteiger partial charge in [0, 0.05) is 22.8 Å². The van der Waals surface area contributed by atoms with Crippen LogP contribution in [-0.4, -0.2) is 17.1 Å². The zero-order valence-corrected chi connectivity index (χ0v) is 9.93. The molecule has 3 nitrogen and oxygen atoms in total. The van der Waals surface area contributed by atoms with Crippen molar-refractivity contribution in [2.75, 3.05) is 0 Å². The second kappa shape index (κ2) is 5.88. The molecule has 1 heterocycles. The largest absolute Gasteiger partial charge is 0.478 e. The van der Waals surface area contributed by atoms with Crippen molar-refractivity contribution in [3.8, 4) is 0 Å². The van der Waals surface area contributed by atoms with Crippen molar-refractivity contribution in [1.82, 2.24) is 5.32 Å². The van der Waals surface area contributed by atoms with Crippen LogP contribution >= 0.6 is 11.3 Å². The first kappa shape index (κ1) is 12.2. The Morgan fingerprint density at radius 2 is 2.40 bits per heavy atom. The lowest BCUT2D eigenvalue weighted by atomic mass is 10.2. The SMILES string of the molecule is CCCC(C)NCc1cc(C(=O)O)cs1. The van der Waals surface area contributed by atoms with Crippen LogP contribution in [0.4, 0.5) is 0 Å². The van der Waals surface area contributed by atoms with Crippen molar-refractivity contribution >= 4 is 17.3 Å². The van der Waals surface area contributed by atoms with E-state index in [1.165, 1.54) is 17.8 Å². The molecule has 1 atom stereocenters. The maximum atomic E-state index is 10.6. The van der Waals surface area contributed by atoms with Crippen LogP contribution in [0.1, 0.15) is 41.9 Å². The van der Waals surface area contributed by atoms with E-state index in [1.54, 1.807) is 11.4 Å². The summed E-state index contributed by atoms with van der Waals surface area (Å²) in [6.07, 6.45) is 2.32. The van der Waals surface area contributed by atoms with E-state index in [4.69, 9.17) is 5.11 Å². The number of aromatic carboxylic acids is 1. The van der Waals surface area contributed by atoms with E-state index < -0.39 is 5.97 Å². The summed E-state index contributed by atoms with van der Waals surface area (Å²) in [5.41, 5.74) is 0.389. The second-order valence-corrected chi connectivity index (χ2v) is 4.67. The highest BCUT2D eigenvalue weighted by Crippen LogP contribution is 2.14. The van der Waals surface area contributed by atoms with Gasteiger partial charge in [-0.2, -0.15) is 0 Å². The smallest absolute Gasteiger partial charge is 0.336 e. The third-order valence-electron chi connectivity index (χ3n) is 2.25. The Bertz CT molecular complexity index is 322. The zero-order valence-electron chi connectivity index (χ0n) is 9.12. The topological polar surface area (TPSA) is 49.3 Å². The lowest BCUT2D eigenvalue weighted by molar-refractivity contribution is 0.0697. The van der Waals surface area contributed by atoms with Crippen LogP contribution in [0.5, 0.6) is 0 Å². The fourth-order valence-electron chi connectivity index (χ4n) is 1.40. The Labute approximate surface area is 94.1 Å². The van der Waals surface area contributed by atoms with Gasteiger partial charge in [0.05, 0.1) is 5.56 Å². The lowest BCUT2D eigenvalue weighted by Crippen LogP contribution is -2.24. The third kappa shape index (κ3) is 4.01. The minimum Gasteiger partial charge on any atom is -0.478 e. The molecular formula is C11H17NO2S. The molecular weight excluding hydrogens is 210 g/mol. The number of thiophene rings is 1. The van der Waals surface area contributed by atoms with E-state index in [0.717, 1.165) is 17.8 Å². The molecule has 0 saturated carbocycles. The number of carbonyl (C=O) groups is 1. The van der Waals surface area contributed by atoms with Gasteiger partial charge < -0.3 is 10.4 Å². The van der Waals surface area contributed by atoms with Gasteiger partial charge in [-0.25, -0.2) is 4.79 Å². The molecule has 0 bridgehead atoms. The van der Waals surface area contributed by atoms with Crippen LogP contribution in [-0.2, 0) is 6.54 Å². The molecule has 0 radical (unpaired) electrons. The Balaban J connectivity index is 2.40. The third-order valence-corrected chi connectivity index (χ3v) is 3.18. The highest BCUT2D eigenvalue weighted by atomic mass is 32.1. The Morgan fingerprint density at radius 3 is 2.93 bits per heavy atom. The number of rotatable bonds is 6. The maximum Gasteiger partial charge on any atom is 0.336 e. The summed E-state index contributed by atoms with van der Waals surface area (Å²) >= 11 is 1.49. The minimum atomic E-state index is -0.848. The lowest BCUT2D eigenvalue weighted by Gasteiger charge is -2.10. The van der Waals surface area contributed by atoms with E-state index in [2.05, 4.69) is 19.2 Å². The van der Waals surface area contributed by atoms with Gasteiger partial charge in [-0.3, -0.25) is 0 Å². The number of hydrogen-bond acceptors (Lipinski definition) is 3. The van der Waals surface area contributed by atoms with Crippen molar-refractivity contribution in [1.29, 1.82) is 0 Å². The van der Waals surface area contributed by atoms with Crippen LogP contribution < -0.4 is 5.32 Å². The normalized spacial score (nSPS) is 12.7. The summed E-state index contributed by atoms with van der Waals surface area (Å²) in [5.74, 6) is -0.848. The van der Waals surface area contributed by atoms with Crippen molar-refractivity contribution in [3.63, 3.8) is 0 Å². The molecule has 0 aliphatic rings. The molecule has 0 fully saturated rings. The summed E-state index contributed by atoms with van der Waals surface area (Å²) in [6, 6.07) is 2.23. The Kier molecular flexibility index (Phi) is 4.78. The van der Waals surface area contributed by atoms with Crippen LogP contribution in [0.3, 0.4) is 0 Å². The molecule has 1 unspecified atom stereocenters. The molecule has 15 heavy (non-hydrogen) atoms. The van der Waals surface area contributed by atoms with Gasteiger partial charge in [-0.05, 0) is 19.4 Å². The molecule has 0 amide bonds. The zero-order chi connectivity index (χ0) is 11.3. The van der Waals surface area contributed by atoms with Gasteiger partial charge in [0.2, 0.25) is 0 Å². The summed E-state index contributed by atoms with van der Waals surface area (Å²) in [6.45, 7) is 5.07. The van der Waals surface area contributed by atoms with Gasteiger partial charge in [-0.15, -0.1) is 11.3 Å². The number of carboxylic acids is 1. The van der Waals surface area contributed by atoms with Gasteiger partial charge in [-0.1, -0.05) is 13.3 Å². The number of hydrogen-bond donors (Lipinski definition) is 2. The fraction of sp³-hybridized carbons (Fsp3) is 0.545.